The Labute approximate surface area is 204 Å². The smallest absolute Gasteiger partial charge is 0.269 e. The van der Waals surface area contributed by atoms with Gasteiger partial charge in [-0.05, 0) is 63.1 Å². The van der Waals surface area contributed by atoms with Crippen molar-refractivity contribution in [2.24, 2.45) is 5.84 Å². The first-order valence-corrected chi connectivity index (χ1v) is 13.1. The lowest BCUT2D eigenvalue weighted by Crippen LogP contribution is -2.52. The summed E-state index contributed by atoms with van der Waals surface area (Å²) in [5.74, 6) is 6.12. The van der Waals surface area contributed by atoms with Crippen LogP contribution in [0.25, 0.3) is 0 Å². The van der Waals surface area contributed by atoms with E-state index in [-0.39, 0.29) is 22.9 Å². The molecule has 0 bridgehead atoms. The molecular weight excluding hydrogens is 479 g/mol. The molecule has 0 aromatic heterocycles. The van der Waals surface area contributed by atoms with E-state index in [4.69, 9.17) is 5.84 Å². The summed E-state index contributed by atoms with van der Waals surface area (Å²) in [6, 6.07) is 11.0. The number of allylic oxidation sites excluding steroid dienone is 2. The Morgan fingerprint density at radius 1 is 1.15 bits per heavy atom. The van der Waals surface area contributed by atoms with Gasteiger partial charge in [-0.2, -0.15) is 0 Å². The van der Waals surface area contributed by atoms with Gasteiger partial charge in [0.2, 0.25) is 10.0 Å². The Kier molecular flexibility index (Phi) is 9.63. The molecule has 0 aliphatic carbocycles. The first-order valence-electron chi connectivity index (χ1n) is 10.8. The number of rotatable bonds is 12. The van der Waals surface area contributed by atoms with E-state index in [1.807, 2.05) is 6.92 Å². The van der Waals surface area contributed by atoms with Crippen molar-refractivity contribution in [3.8, 4) is 0 Å². The van der Waals surface area contributed by atoms with Crippen molar-refractivity contribution in [3.05, 3.63) is 75.1 Å². The molecule has 186 valence electrons. The van der Waals surface area contributed by atoms with Crippen molar-refractivity contribution in [2.45, 2.75) is 62.3 Å². The van der Waals surface area contributed by atoms with E-state index in [2.05, 4.69) is 11.6 Å². The molecule has 0 heterocycles. The lowest BCUT2D eigenvalue weighted by molar-refractivity contribution is -0.384. The normalized spacial score (nSPS) is 12.9. The molecule has 2 rings (SSSR count). The van der Waals surface area contributed by atoms with Gasteiger partial charge in [-0.3, -0.25) is 10.1 Å². The maximum atomic E-state index is 13.3. The summed E-state index contributed by atoms with van der Waals surface area (Å²) >= 11 is 1.52. The Morgan fingerprint density at radius 3 is 2.24 bits per heavy atom. The minimum atomic E-state index is -3.93. The van der Waals surface area contributed by atoms with E-state index >= 15 is 0 Å². The summed E-state index contributed by atoms with van der Waals surface area (Å²) < 4.78 is 41.7. The number of nitrogens with one attached hydrogen (secondary N) is 1. The fourth-order valence-corrected chi connectivity index (χ4v) is 6.06. The third kappa shape index (κ3) is 7.79. The molecule has 34 heavy (non-hydrogen) atoms. The summed E-state index contributed by atoms with van der Waals surface area (Å²) in [6.07, 6.45) is 2.29. The molecule has 0 aliphatic heterocycles. The van der Waals surface area contributed by atoms with Crippen LogP contribution in [0.15, 0.2) is 68.9 Å². The molecule has 2 aromatic rings. The second-order valence-electron chi connectivity index (χ2n) is 8.40. The van der Waals surface area contributed by atoms with Crippen LogP contribution in [0.2, 0.25) is 0 Å². The van der Waals surface area contributed by atoms with Crippen LogP contribution >= 0.6 is 11.8 Å². The van der Waals surface area contributed by atoms with Crippen LogP contribution in [0, 0.1) is 15.9 Å². The first kappa shape index (κ1) is 27.8. The second kappa shape index (κ2) is 11.8. The molecule has 0 amide bonds. The molecule has 11 heteroatoms. The number of benzene rings is 2. The number of nitro benzene ring substituents is 1. The SMILES string of the molecule is CCC/C(Sc1ccc(F)cc1)=C(/CC)N(N)CC(C)(C)NS(=O)(=O)c1ccc([N+](=O)[O-])cc1. The molecule has 2 aromatic carbocycles. The molecule has 0 saturated carbocycles. The standard InChI is InChI=1S/C23H31FN4O4S2/c1-5-7-22(33-19-12-8-17(24)9-13-19)21(6-2)27(25)16-23(3,4)26-34(31,32)20-14-10-18(11-15-20)28(29)30/h8-15,26H,5-7,16,25H2,1-4H3/b22-21+. The van der Waals surface area contributed by atoms with E-state index < -0.39 is 20.5 Å². The maximum Gasteiger partial charge on any atom is 0.269 e. The van der Waals surface area contributed by atoms with Gasteiger partial charge in [-0.15, -0.1) is 0 Å². The van der Waals surface area contributed by atoms with Crippen molar-refractivity contribution in [1.29, 1.82) is 0 Å². The Balaban J connectivity index is 2.23. The number of hydrogen-bond donors (Lipinski definition) is 2. The van der Waals surface area contributed by atoms with E-state index in [0.717, 1.165) is 40.5 Å². The Morgan fingerprint density at radius 2 is 1.74 bits per heavy atom. The van der Waals surface area contributed by atoms with Gasteiger partial charge in [0.1, 0.15) is 5.82 Å². The Hall–Kier alpha value is -2.47. The topological polar surface area (TPSA) is 119 Å². The minimum Gasteiger partial charge on any atom is -0.312 e. The van der Waals surface area contributed by atoms with Gasteiger partial charge in [-0.25, -0.2) is 23.4 Å². The van der Waals surface area contributed by atoms with Gasteiger partial charge >= 0.3 is 0 Å². The van der Waals surface area contributed by atoms with Crippen LogP contribution < -0.4 is 10.6 Å². The number of nitrogens with two attached hydrogens (primary N) is 1. The summed E-state index contributed by atoms with van der Waals surface area (Å²) in [6.45, 7) is 7.65. The number of hydrogen-bond acceptors (Lipinski definition) is 7. The average molecular weight is 511 g/mol. The first-order chi connectivity index (χ1) is 15.9. The van der Waals surface area contributed by atoms with Crippen molar-refractivity contribution in [3.63, 3.8) is 0 Å². The highest BCUT2D eigenvalue weighted by Gasteiger charge is 2.29. The van der Waals surface area contributed by atoms with Gasteiger partial charge in [0.05, 0.1) is 16.4 Å². The fraction of sp³-hybridized carbons (Fsp3) is 0.391. The van der Waals surface area contributed by atoms with E-state index in [1.165, 1.54) is 36.0 Å². The molecule has 0 radical (unpaired) electrons. The van der Waals surface area contributed by atoms with Crippen LogP contribution in [-0.2, 0) is 10.0 Å². The summed E-state index contributed by atoms with van der Waals surface area (Å²) in [5, 5.41) is 12.4. The van der Waals surface area contributed by atoms with Crippen LogP contribution in [-0.4, -0.2) is 30.4 Å². The second-order valence-corrected chi connectivity index (χ2v) is 11.2. The number of nitrogens with zero attached hydrogens (tertiary/aromatic N) is 2. The van der Waals surface area contributed by atoms with Crippen molar-refractivity contribution in [1.82, 2.24) is 9.73 Å². The van der Waals surface area contributed by atoms with Crippen molar-refractivity contribution >= 4 is 27.5 Å². The van der Waals surface area contributed by atoms with Crippen molar-refractivity contribution < 1.29 is 17.7 Å². The zero-order valence-corrected chi connectivity index (χ0v) is 21.4. The molecule has 0 saturated heterocycles. The average Bonchev–Trinajstić information content (AvgIpc) is 2.74. The van der Waals surface area contributed by atoms with Crippen LogP contribution in [0.1, 0.15) is 47.0 Å². The van der Waals surface area contributed by atoms with Crippen LogP contribution in [0.3, 0.4) is 0 Å². The van der Waals surface area contributed by atoms with Gasteiger partial charge in [0, 0.05) is 33.2 Å². The van der Waals surface area contributed by atoms with E-state index in [0.29, 0.717) is 6.42 Å². The highest BCUT2D eigenvalue weighted by atomic mass is 32.2. The molecule has 0 spiro atoms. The van der Waals surface area contributed by atoms with Gasteiger partial charge in [0.25, 0.3) is 5.69 Å². The largest absolute Gasteiger partial charge is 0.312 e. The number of halogens is 1. The Bertz CT molecular complexity index is 1120. The zero-order valence-electron chi connectivity index (χ0n) is 19.7. The molecule has 0 atom stereocenters. The lowest BCUT2D eigenvalue weighted by atomic mass is 10.1. The third-order valence-corrected chi connectivity index (χ3v) is 7.78. The van der Waals surface area contributed by atoms with Crippen LogP contribution in [0.5, 0.6) is 0 Å². The zero-order chi connectivity index (χ0) is 25.5. The molecule has 8 nitrogen and oxygen atoms in total. The number of thioether (sulfide) groups is 1. The number of nitro groups is 1. The summed E-state index contributed by atoms with van der Waals surface area (Å²) in [4.78, 5) is 12.1. The maximum absolute atomic E-state index is 13.3. The van der Waals surface area contributed by atoms with E-state index in [1.54, 1.807) is 31.0 Å². The van der Waals surface area contributed by atoms with Crippen LogP contribution in [0.4, 0.5) is 10.1 Å². The summed E-state index contributed by atoms with van der Waals surface area (Å²) in [7, 11) is -3.93. The lowest BCUT2D eigenvalue weighted by Gasteiger charge is -2.34. The third-order valence-electron chi connectivity index (χ3n) is 4.87. The monoisotopic (exact) mass is 510 g/mol. The van der Waals surface area contributed by atoms with Crippen molar-refractivity contribution in [2.75, 3.05) is 6.54 Å². The molecule has 0 aliphatic rings. The number of hydrazine groups is 1. The summed E-state index contributed by atoms with van der Waals surface area (Å²) in [5.41, 5.74) is -0.266. The number of sulfonamides is 1. The van der Waals surface area contributed by atoms with Gasteiger partial charge < -0.3 is 5.01 Å². The quantitative estimate of drug-likeness (QED) is 0.175. The molecule has 3 N–H and O–H groups in total. The van der Waals surface area contributed by atoms with Gasteiger partial charge in [0.15, 0.2) is 0 Å². The predicted molar refractivity (Wildman–Crippen MR) is 133 cm³/mol. The van der Waals surface area contributed by atoms with Gasteiger partial charge in [-0.1, -0.05) is 32.0 Å². The highest BCUT2D eigenvalue weighted by molar-refractivity contribution is 8.03. The predicted octanol–water partition coefficient (Wildman–Crippen LogP) is 5.18. The fourth-order valence-electron chi connectivity index (χ4n) is 3.41. The highest BCUT2D eigenvalue weighted by Crippen LogP contribution is 2.34. The number of non-ortho nitro benzene ring substituents is 1. The molecule has 0 fully saturated rings. The minimum absolute atomic E-state index is 0.0699. The molecular formula is C23H31FN4O4S2. The van der Waals surface area contributed by atoms with E-state index in [9.17, 15) is 22.9 Å². The molecule has 0 unspecified atom stereocenters.